The first-order valence-corrected chi connectivity index (χ1v) is 8.38. The van der Waals surface area contributed by atoms with Gasteiger partial charge >= 0.3 is 0 Å². The summed E-state index contributed by atoms with van der Waals surface area (Å²) in [7, 11) is -1.34. The van der Waals surface area contributed by atoms with Crippen LogP contribution in [0.5, 0.6) is 0 Å². The van der Waals surface area contributed by atoms with E-state index in [1.165, 1.54) is 12.1 Å². The van der Waals surface area contributed by atoms with E-state index >= 15 is 0 Å². The van der Waals surface area contributed by atoms with Crippen LogP contribution in [-0.2, 0) is 0 Å². The Morgan fingerprint density at radius 2 is 1.73 bits per heavy atom. The third kappa shape index (κ3) is 2.23. The first kappa shape index (κ1) is 12.2. The summed E-state index contributed by atoms with van der Waals surface area (Å²) in [6, 6.07) is 13.7. The lowest BCUT2D eigenvalue weighted by molar-refractivity contribution is 1.07. The van der Waals surface area contributed by atoms with Crippen LogP contribution in [0.25, 0.3) is 0 Å². The molecule has 0 aliphatic heterocycles. The van der Waals surface area contributed by atoms with Gasteiger partial charge in [0.15, 0.2) is 0 Å². The molecule has 0 radical (unpaired) electrons. The van der Waals surface area contributed by atoms with Gasteiger partial charge in [-0.1, -0.05) is 74.5 Å². The minimum Gasteiger partial charge on any atom is -0.103 e. The maximum Gasteiger partial charge on any atom is 0.0926 e. The molecule has 1 heteroatoms. The second-order valence-corrected chi connectivity index (χ2v) is 9.47. The van der Waals surface area contributed by atoms with Crippen molar-refractivity contribution < 1.29 is 0 Å². The molecule has 82 valence electrons. The lowest BCUT2D eigenvalue weighted by atomic mass is 10.4. The monoisotopic (exact) mass is 218 g/mol. The molecular formula is C14H22Si. The maximum absolute atomic E-state index is 3.98. The van der Waals surface area contributed by atoms with Crippen molar-refractivity contribution in [2.45, 2.75) is 38.4 Å². The van der Waals surface area contributed by atoms with E-state index in [4.69, 9.17) is 0 Å². The van der Waals surface area contributed by atoms with Crippen molar-refractivity contribution in [1.82, 2.24) is 0 Å². The van der Waals surface area contributed by atoms with Crippen LogP contribution in [-0.4, -0.2) is 8.07 Å². The maximum atomic E-state index is 3.98. The number of benzene rings is 1. The van der Waals surface area contributed by atoms with Crippen LogP contribution < -0.4 is 5.19 Å². The summed E-state index contributed by atoms with van der Waals surface area (Å²) >= 11 is 0. The number of rotatable bonds is 5. The van der Waals surface area contributed by atoms with E-state index in [9.17, 15) is 0 Å². The lowest BCUT2D eigenvalue weighted by Gasteiger charge is -2.34. The van der Waals surface area contributed by atoms with Gasteiger partial charge in [0, 0.05) is 0 Å². The van der Waals surface area contributed by atoms with Crippen LogP contribution in [0.2, 0.25) is 17.6 Å². The highest BCUT2D eigenvalue weighted by Gasteiger charge is 2.35. The smallest absolute Gasteiger partial charge is 0.0926 e. The van der Waals surface area contributed by atoms with Crippen LogP contribution in [0.1, 0.15) is 20.8 Å². The number of hydrogen-bond acceptors (Lipinski definition) is 0. The van der Waals surface area contributed by atoms with Crippen molar-refractivity contribution in [3.8, 4) is 0 Å². The van der Waals surface area contributed by atoms with E-state index in [0.29, 0.717) is 5.54 Å². The van der Waals surface area contributed by atoms with E-state index in [-0.39, 0.29) is 0 Å². The third-order valence-electron chi connectivity index (χ3n) is 3.84. The Morgan fingerprint density at radius 1 is 1.20 bits per heavy atom. The fourth-order valence-corrected chi connectivity index (χ4v) is 7.00. The summed E-state index contributed by atoms with van der Waals surface area (Å²) in [6.07, 6.45) is 2.15. The summed E-state index contributed by atoms with van der Waals surface area (Å²) in [5, 5.41) is 1.59. The van der Waals surface area contributed by atoms with Gasteiger partial charge in [0.2, 0.25) is 0 Å². The molecule has 1 aromatic carbocycles. The Balaban J connectivity index is 3.16. The standard InChI is InChI=1S/C14H22Si/c1-5-13(4)15(6-2,7-3)14-11-9-8-10-12-14/h5,8-13H,1,6-7H2,2-4H3. The second kappa shape index (κ2) is 5.31. The van der Waals surface area contributed by atoms with Crippen molar-refractivity contribution >= 4 is 13.3 Å². The molecule has 0 spiro atoms. The quantitative estimate of drug-likeness (QED) is 0.518. The van der Waals surface area contributed by atoms with Gasteiger partial charge in [0.25, 0.3) is 0 Å². The summed E-state index contributed by atoms with van der Waals surface area (Å²) in [5.74, 6) is 0. The normalized spacial score (nSPS) is 13.5. The number of hydrogen-bond donors (Lipinski definition) is 0. The van der Waals surface area contributed by atoms with Crippen molar-refractivity contribution in [3.05, 3.63) is 43.0 Å². The molecule has 0 amide bonds. The van der Waals surface area contributed by atoms with Gasteiger partial charge in [-0.15, -0.1) is 6.58 Å². The van der Waals surface area contributed by atoms with E-state index in [1.54, 1.807) is 5.19 Å². The lowest BCUT2D eigenvalue weighted by Crippen LogP contribution is -2.49. The molecule has 0 aliphatic carbocycles. The topological polar surface area (TPSA) is 0 Å². The highest BCUT2D eigenvalue weighted by atomic mass is 28.3. The van der Waals surface area contributed by atoms with Gasteiger partial charge in [-0.2, -0.15) is 0 Å². The minimum atomic E-state index is -1.34. The highest BCUT2D eigenvalue weighted by Crippen LogP contribution is 2.29. The largest absolute Gasteiger partial charge is 0.103 e. The molecule has 0 saturated heterocycles. The molecule has 15 heavy (non-hydrogen) atoms. The molecule has 0 fully saturated rings. The Labute approximate surface area is 95.0 Å². The predicted molar refractivity (Wildman–Crippen MR) is 72.4 cm³/mol. The molecule has 1 unspecified atom stereocenters. The first-order chi connectivity index (χ1) is 7.21. The number of allylic oxidation sites excluding steroid dienone is 1. The summed E-state index contributed by atoms with van der Waals surface area (Å²) in [6.45, 7) is 11.0. The van der Waals surface area contributed by atoms with E-state index in [2.05, 4.69) is 63.8 Å². The van der Waals surface area contributed by atoms with Crippen molar-refractivity contribution in [3.63, 3.8) is 0 Å². The summed E-state index contributed by atoms with van der Waals surface area (Å²) < 4.78 is 0. The Bertz CT molecular complexity index is 298. The zero-order chi connectivity index (χ0) is 11.3. The fourth-order valence-electron chi connectivity index (χ4n) is 2.56. The molecule has 1 aromatic rings. The second-order valence-electron chi connectivity index (χ2n) is 4.25. The van der Waals surface area contributed by atoms with Gasteiger partial charge in [-0.3, -0.25) is 0 Å². The van der Waals surface area contributed by atoms with Gasteiger partial charge < -0.3 is 0 Å². The zero-order valence-electron chi connectivity index (χ0n) is 10.2. The molecule has 0 saturated carbocycles. The predicted octanol–water partition coefficient (Wildman–Crippen LogP) is 3.96. The molecule has 1 rings (SSSR count). The zero-order valence-corrected chi connectivity index (χ0v) is 11.2. The SMILES string of the molecule is C=CC(C)[Si](CC)(CC)c1ccccc1. The van der Waals surface area contributed by atoms with Crippen LogP contribution in [0, 0.1) is 0 Å². The highest BCUT2D eigenvalue weighted by molar-refractivity contribution is 6.93. The average molecular weight is 218 g/mol. The summed E-state index contributed by atoms with van der Waals surface area (Å²) in [5.41, 5.74) is 0.662. The van der Waals surface area contributed by atoms with Crippen LogP contribution in [0.3, 0.4) is 0 Å². The van der Waals surface area contributed by atoms with Crippen LogP contribution in [0.15, 0.2) is 43.0 Å². The van der Waals surface area contributed by atoms with Crippen molar-refractivity contribution in [2.75, 3.05) is 0 Å². The van der Waals surface area contributed by atoms with Crippen molar-refractivity contribution in [2.24, 2.45) is 0 Å². The van der Waals surface area contributed by atoms with E-state index in [0.717, 1.165) is 0 Å². The Hall–Kier alpha value is -0.823. The Kier molecular flexibility index (Phi) is 4.34. The fraction of sp³-hybridized carbons (Fsp3) is 0.429. The summed E-state index contributed by atoms with van der Waals surface area (Å²) in [4.78, 5) is 0. The van der Waals surface area contributed by atoms with Gasteiger partial charge in [-0.05, 0) is 5.54 Å². The van der Waals surface area contributed by atoms with Gasteiger partial charge in [0.05, 0.1) is 8.07 Å². The van der Waals surface area contributed by atoms with Crippen LogP contribution >= 0.6 is 0 Å². The van der Waals surface area contributed by atoms with Crippen LogP contribution in [0.4, 0.5) is 0 Å². The molecule has 0 aliphatic rings. The van der Waals surface area contributed by atoms with Gasteiger partial charge in [0.1, 0.15) is 0 Å². The van der Waals surface area contributed by atoms with Gasteiger partial charge in [-0.25, -0.2) is 0 Å². The van der Waals surface area contributed by atoms with E-state index in [1.807, 2.05) is 0 Å². The molecule has 0 nitrogen and oxygen atoms in total. The average Bonchev–Trinajstić information content (AvgIpc) is 2.32. The Morgan fingerprint density at radius 3 is 2.13 bits per heavy atom. The molecule has 0 bridgehead atoms. The first-order valence-electron chi connectivity index (χ1n) is 5.89. The molecule has 0 N–H and O–H groups in total. The third-order valence-corrected chi connectivity index (χ3v) is 9.82. The molecule has 0 aromatic heterocycles. The minimum absolute atomic E-state index is 0.662. The van der Waals surface area contributed by atoms with E-state index < -0.39 is 8.07 Å². The molecule has 1 atom stereocenters. The molecular weight excluding hydrogens is 196 g/mol. The molecule has 0 heterocycles. The van der Waals surface area contributed by atoms with Crippen molar-refractivity contribution in [1.29, 1.82) is 0 Å².